The summed E-state index contributed by atoms with van der Waals surface area (Å²) in [5.74, 6) is -0.776. The van der Waals surface area contributed by atoms with Crippen molar-refractivity contribution in [2.45, 2.75) is 38.6 Å². The average Bonchev–Trinajstić information content (AvgIpc) is 3.48. The monoisotopic (exact) mass is 412 g/mol. The first kappa shape index (κ1) is 19.6. The quantitative estimate of drug-likeness (QED) is 0.819. The molecule has 2 aliphatic rings. The summed E-state index contributed by atoms with van der Waals surface area (Å²) >= 11 is 1.35. The van der Waals surface area contributed by atoms with Crippen molar-refractivity contribution in [3.05, 3.63) is 41.4 Å². The molecule has 0 radical (unpaired) electrons. The third-order valence-electron chi connectivity index (χ3n) is 5.63. The molecule has 7 nitrogen and oxygen atoms in total. The molecule has 29 heavy (non-hydrogen) atoms. The molecule has 2 unspecified atom stereocenters. The van der Waals surface area contributed by atoms with Gasteiger partial charge in [-0.05, 0) is 37.0 Å². The minimum absolute atomic E-state index is 0.0458. The van der Waals surface area contributed by atoms with Gasteiger partial charge in [-0.1, -0.05) is 19.1 Å². The van der Waals surface area contributed by atoms with Gasteiger partial charge in [-0.3, -0.25) is 14.4 Å². The zero-order valence-electron chi connectivity index (χ0n) is 16.3. The predicted octanol–water partition coefficient (Wildman–Crippen LogP) is 2.69. The van der Waals surface area contributed by atoms with Crippen LogP contribution in [0.5, 0.6) is 0 Å². The highest BCUT2D eigenvalue weighted by Gasteiger charge is 2.42. The first-order chi connectivity index (χ1) is 14.1. The third-order valence-corrected chi connectivity index (χ3v) is 6.32. The number of nitrogens with one attached hydrogen (secondary N) is 1. The van der Waals surface area contributed by atoms with Gasteiger partial charge in [0.2, 0.25) is 17.7 Å². The van der Waals surface area contributed by atoms with Gasteiger partial charge < -0.3 is 15.1 Å². The zero-order chi connectivity index (χ0) is 20.4. The lowest BCUT2D eigenvalue weighted by molar-refractivity contribution is -0.140. The normalized spacial score (nSPS) is 21.6. The second kappa shape index (κ2) is 8.32. The van der Waals surface area contributed by atoms with Crippen molar-refractivity contribution in [1.82, 2.24) is 9.88 Å². The van der Waals surface area contributed by atoms with E-state index in [0.717, 1.165) is 18.5 Å². The molecule has 8 heteroatoms. The molecule has 1 aromatic heterocycles. The Hall–Kier alpha value is -2.74. The van der Waals surface area contributed by atoms with Crippen LogP contribution in [0.1, 0.15) is 31.7 Å². The predicted molar refractivity (Wildman–Crippen MR) is 112 cm³/mol. The van der Waals surface area contributed by atoms with Crippen LogP contribution in [0.3, 0.4) is 0 Å². The van der Waals surface area contributed by atoms with E-state index in [2.05, 4.69) is 17.2 Å². The average molecular weight is 413 g/mol. The summed E-state index contributed by atoms with van der Waals surface area (Å²) in [5, 5.41) is 5.12. The Morgan fingerprint density at radius 2 is 2.07 bits per heavy atom. The van der Waals surface area contributed by atoms with Crippen molar-refractivity contribution in [1.29, 1.82) is 0 Å². The number of anilines is 2. The molecule has 0 saturated carbocycles. The van der Waals surface area contributed by atoms with E-state index in [-0.39, 0.29) is 24.1 Å². The topological polar surface area (TPSA) is 82.6 Å². The van der Waals surface area contributed by atoms with Crippen molar-refractivity contribution in [2.75, 3.05) is 23.3 Å². The molecular formula is C21H24N4O3S. The van der Waals surface area contributed by atoms with Crippen molar-refractivity contribution >= 4 is 39.9 Å². The van der Waals surface area contributed by atoms with E-state index in [1.807, 2.05) is 24.3 Å². The molecular weight excluding hydrogens is 388 g/mol. The largest absolute Gasteiger partial charge is 0.330 e. The first-order valence-electron chi connectivity index (χ1n) is 9.97. The third kappa shape index (κ3) is 4.03. The van der Waals surface area contributed by atoms with Gasteiger partial charge in [0.05, 0.1) is 5.92 Å². The molecule has 3 amide bonds. The van der Waals surface area contributed by atoms with Crippen molar-refractivity contribution in [3.8, 4) is 0 Å². The number of hydrogen-bond acceptors (Lipinski definition) is 5. The molecule has 2 aromatic rings. The molecule has 1 aromatic carbocycles. The summed E-state index contributed by atoms with van der Waals surface area (Å²) < 4.78 is 0. The Morgan fingerprint density at radius 1 is 1.28 bits per heavy atom. The SMILES string of the molecule is CCc1ccc(N2CC(C(=O)N3CCCC3C(=O)Nc3nccs3)CC2=O)cc1. The number of carbonyl (C=O) groups is 3. The van der Waals surface area contributed by atoms with Crippen LogP contribution in [-0.4, -0.2) is 46.7 Å². The number of carbonyl (C=O) groups excluding carboxylic acids is 3. The van der Waals surface area contributed by atoms with Gasteiger partial charge in [-0.2, -0.15) is 0 Å². The molecule has 2 saturated heterocycles. The number of rotatable bonds is 5. The Kier molecular flexibility index (Phi) is 5.62. The molecule has 0 bridgehead atoms. The van der Waals surface area contributed by atoms with Crippen LogP contribution in [0.25, 0.3) is 0 Å². The molecule has 0 spiro atoms. The van der Waals surface area contributed by atoms with Gasteiger partial charge >= 0.3 is 0 Å². The smallest absolute Gasteiger partial charge is 0.248 e. The Bertz CT molecular complexity index is 897. The fourth-order valence-corrected chi connectivity index (χ4v) is 4.58. The lowest BCUT2D eigenvalue weighted by Gasteiger charge is -2.26. The van der Waals surface area contributed by atoms with E-state index in [9.17, 15) is 14.4 Å². The first-order valence-corrected chi connectivity index (χ1v) is 10.8. The van der Waals surface area contributed by atoms with Crippen LogP contribution in [0.4, 0.5) is 10.8 Å². The second-order valence-corrected chi connectivity index (χ2v) is 8.34. The maximum absolute atomic E-state index is 13.1. The van der Waals surface area contributed by atoms with E-state index in [4.69, 9.17) is 0 Å². The number of nitrogens with zero attached hydrogens (tertiary/aromatic N) is 3. The molecule has 2 fully saturated rings. The number of amides is 3. The lowest BCUT2D eigenvalue weighted by Crippen LogP contribution is -2.46. The van der Waals surface area contributed by atoms with Gasteiger partial charge in [-0.15, -0.1) is 11.3 Å². The number of aromatic nitrogens is 1. The van der Waals surface area contributed by atoms with Crippen LogP contribution in [0.2, 0.25) is 0 Å². The Labute approximate surface area is 173 Å². The van der Waals surface area contributed by atoms with Gasteiger partial charge in [0, 0.05) is 36.8 Å². The van der Waals surface area contributed by atoms with Gasteiger partial charge in [-0.25, -0.2) is 4.98 Å². The van der Waals surface area contributed by atoms with Gasteiger partial charge in [0.15, 0.2) is 5.13 Å². The minimum atomic E-state index is -0.501. The van der Waals surface area contributed by atoms with Crippen LogP contribution >= 0.6 is 11.3 Å². The van der Waals surface area contributed by atoms with E-state index >= 15 is 0 Å². The fourth-order valence-electron chi connectivity index (χ4n) is 4.05. The Balaban J connectivity index is 1.43. The number of hydrogen-bond donors (Lipinski definition) is 1. The summed E-state index contributed by atoms with van der Waals surface area (Å²) in [6.45, 7) is 2.99. The van der Waals surface area contributed by atoms with Crippen LogP contribution < -0.4 is 10.2 Å². The van der Waals surface area contributed by atoms with Crippen molar-refractivity contribution < 1.29 is 14.4 Å². The number of thiazole rings is 1. The summed E-state index contributed by atoms with van der Waals surface area (Å²) in [5.41, 5.74) is 2.03. The number of aryl methyl sites for hydroxylation is 1. The highest BCUT2D eigenvalue weighted by Crippen LogP contribution is 2.29. The molecule has 0 aliphatic carbocycles. The summed E-state index contributed by atoms with van der Waals surface area (Å²) in [7, 11) is 0. The number of benzene rings is 1. The molecule has 4 rings (SSSR count). The number of likely N-dealkylation sites (tertiary alicyclic amines) is 1. The summed E-state index contributed by atoms with van der Waals surface area (Å²) in [6, 6.07) is 7.39. The Morgan fingerprint density at radius 3 is 2.76 bits per heavy atom. The van der Waals surface area contributed by atoms with E-state index < -0.39 is 12.0 Å². The highest BCUT2D eigenvalue weighted by atomic mass is 32.1. The minimum Gasteiger partial charge on any atom is -0.330 e. The van der Waals surface area contributed by atoms with E-state index in [1.165, 1.54) is 16.9 Å². The molecule has 3 heterocycles. The lowest BCUT2D eigenvalue weighted by atomic mass is 10.1. The molecule has 2 aliphatic heterocycles. The van der Waals surface area contributed by atoms with Crippen molar-refractivity contribution in [2.24, 2.45) is 5.92 Å². The molecule has 152 valence electrons. The molecule has 2 atom stereocenters. The zero-order valence-corrected chi connectivity index (χ0v) is 17.2. The van der Waals surface area contributed by atoms with Crippen LogP contribution in [-0.2, 0) is 20.8 Å². The van der Waals surface area contributed by atoms with Crippen LogP contribution in [0.15, 0.2) is 35.8 Å². The van der Waals surface area contributed by atoms with Gasteiger partial charge in [0.25, 0.3) is 0 Å². The van der Waals surface area contributed by atoms with Gasteiger partial charge in [0.1, 0.15) is 6.04 Å². The highest BCUT2D eigenvalue weighted by molar-refractivity contribution is 7.13. The van der Waals surface area contributed by atoms with Crippen molar-refractivity contribution in [3.63, 3.8) is 0 Å². The van der Waals surface area contributed by atoms with E-state index in [0.29, 0.717) is 24.6 Å². The maximum Gasteiger partial charge on any atom is 0.248 e. The summed E-state index contributed by atoms with van der Waals surface area (Å²) in [6.07, 6.45) is 4.17. The molecule has 1 N–H and O–H groups in total. The standard InChI is InChI=1S/C21H24N4O3S/c1-2-14-5-7-16(8-6-14)25-13-15(12-18(25)26)20(28)24-10-3-4-17(24)19(27)23-21-22-9-11-29-21/h5-9,11,15,17H,2-4,10,12-13H2,1H3,(H,22,23,27). The summed E-state index contributed by atoms with van der Waals surface area (Å²) in [4.78, 5) is 45.7. The second-order valence-electron chi connectivity index (χ2n) is 7.44. The maximum atomic E-state index is 13.1. The van der Waals surface area contributed by atoms with Crippen LogP contribution in [0, 0.1) is 5.92 Å². The van der Waals surface area contributed by atoms with E-state index in [1.54, 1.807) is 21.4 Å². The fraction of sp³-hybridized carbons (Fsp3) is 0.429.